The zero-order valence-electron chi connectivity index (χ0n) is 21.7. The van der Waals surface area contributed by atoms with Crippen molar-refractivity contribution in [2.24, 2.45) is 0 Å². The largest absolute Gasteiger partial charge is 0.423 e. The highest BCUT2D eigenvalue weighted by Crippen LogP contribution is 2.34. The maximum absolute atomic E-state index is 13.1. The molecule has 0 fully saturated rings. The van der Waals surface area contributed by atoms with Crippen LogP contribution in [0.3, 0.4) is 0 Å². The van der Waals surface area contributed by atoms with E-state index in [2.05, 4.69) is 26.1 Å². The number of imide groups is 1. The first-order valence-electron chi connectivity index (χ1n) is 11.9. The van der Waals surface area contributed by atoms with Crippen molar-refractivity contribution < 1.29 is 19.1 Å². The number of hydrogen-bond donors (Lipinski definition) is 1. The lowest BCUT2D eigenvalue weighted by molar-refractivity contribution is -0.120. The zero-order valence-corrected chi connectivity index (χ0v) is 22.5. The summed E-state index contributed by atoms with van der Waals surface area (Å²) in [5.74, 6) is -1.11. The van der Waals surface area contributed by atoms with Crippen molar-refractivity contribution in [3.05, 3.63) is 99.2 Å². The second kappa shape index (κ2) is 9.87. The summed E-state index contributed by atoms with van der Waals surface area (Å²) in [6.45, 7) is 12.0. The van der Waals surface area contributed by atoms with Gasteiger partial charge in [0.15, 0.2) is 0 Å². The molecule has 6 nitrogen and oxygen atoms in total. The molecule has 0 saturated carbocycles. The van der Waals surface area contributed by atoms with Gasteiger partial charge in [0.05, 0.1) is 11.3 Å². The van der Waals surface area contributed by atoms with Gasteiger partial charge in [0.1, 0.15) is 16.5 Å². The molecule has 2 amide bonds. The number of nitrogens with zero attached hydrogens (tertiary/aromatic N) is 1. The SMILES string of the molecule is Cc1ccc(N2C(=O)C(Cl)=C(Nc3ccc(C(=O)Oc4ccc(C)cc4C(C)(C)C)cc3)C2=O)c(C)c1. The Labute approximate surface area is 221 Å². The van der Waals surface area contributed by atoms with E-state index in [1.54, 1.807) is 30.3 Å². The van der Waals surface area contributed by atoms with Crippen LogP contribution in [-0.4, -0.2) is 17.8 Å². The number of carbonyl (C=O) groups excluding carboxylic acids is 3. The Kier molecular flexibility index (Phi) is 6.98. The van der Waals surface area contributed by atoms with Crippen molar-refractivity contribution in [1.82, 2.24) is 0 Å². The van der Waals surface area contributed by atoms with E-state index in [1.807, 2.05) is 51.1 Å². The molecule has 7 heteroatoms. The van der Waals surface area contributed by atoms with Crippen molar-refractivity contribution >= 4 is 40.8 Å². The van der Waals surface area contributed by atoms with E-state index in [-0.39, 0.29) is 16.1 Å². The van der Waals surface area contributed by atoms with Gasteiger partial charge < -0.3 is 10.1 Å². The number of nitrogens with one attached hydrogen (secondary N) is 1. The lowest BCUT2D eigenvalue weighted by Crippen LogP contribution is -2.32. The number of ether oxygens (including phenoxy) is 1. The molecular weight excluding hydrogens is 488 g/mol. The van der Waals surface area contributed by atoms with Gasteiger partial charge in [-0.2, -0.15) is 0 Å². The Bertz CT molecular complexity index is 1450. The summed E-state index contributed by atoms with van der Waals surface area (Å²) in [5.41, 5.74) is 4.96. The highest BCUT2D eigenvalue weighted by atomic mass is 35.5. The second-order valence-electron chi connectivity index (χ2n) is 10.3. The number of esters is 1. The molecule has 1 aliphatic rings. The van der Waals surface area contributed by atoms with Crippen LogP contribution in [0.1, 0.15) is 53.4 Å². The van der Waals surface area contributed by atoms with Crippen LogP contribution in [0.25, 0.3) is 0 Å². The molecule has 0 aliphatic carbocycles. The van der Waals surface area contributed by atoms with Gasteiger partial charge in [-0.1, -0.05) is 67.8 Å². The van der Waals surface area contributed by atoms with E-state index >= 15 is 0 Å². The Hall–Kier alpha value is -3.90. The first kappa shape index (κ1) is 26.2. The first-order valence-corrected chi connectivity index (χ1v) is 12.3. The van der Waals surface area contributed by atoms with Crippen molar-refractivity contribution in [2.75, 3.05) is 10.2 Å². The average Bonchev–Trinajstić information content (AvgIpc) is 3.03. The lowest BCUT2D eigenvalue weighted by atomic mass is 9.85. The molecule has 0 spiro atoms. The third-order valence-electron chi connectivity index (χ3n) is 6.16. The van der Waals surface area contributed by atoms with Gasteiger partial charge in [-0.25, -0.2) is 9.69 Å². The van der Waals surface area contributed by atoms with Gasteiger partial charge in [0, 0.05) is 11.3 Å². The van der Waals surface area contributed by atoms with Gasteiger partial charge in [0.25, 0.3) is 11.8 Å². The normalized spacial score (nSPS) is 13.9. The van der Waals surface area contributed by atoms with Crippen LogP contribution < -0.4 is 15.0 Å². The van der Waals surface area contributed by atoms with Crippen LogP contribution >= 0.6 is 11.6 Å². The van der Waals surface area contributed by atoms with Crippen LogP contribution in [0.15, 0.2) is 71.4 Å². The highest BCUT2D eigenvalue weighted by molar-refractivity contribution is 6.53. The number of carbonyl (C=O) groups is 3. The standard InChI is InChI=1S/C30H29ClN2O4/c1-17-7-13-23(19(3)15-17)33-27(34)25(31)26(28(33)35)32-21-11-9-20(10-12-21)29(36)37-24-14-8-18(2)16-22(24)30(4,5)6/h7-16,32H,1-6H3. The van der Waals surface area contributed by atoms with Crippen LogP contribution in [0, 0.1) is 20.8 Å². The second-order valence-corrected chi connectivity index (χ2v) is 10.6. The summed E-state index contributed by atoms with van der Waals surface area (Å²) in [6.07, 6.45) is 0. The number of hydrogen-bond acceptors (Lipinski definition) is 5. The molecule has 0 bridgehead atoms. The number of benzene rings is 3. The van der Waals surface area contributed by atoms with Gasteiger partial charge in [-0.05, 0) is 68.1 Å². The Morgan fingerprint density at radius 2 is 1.49 bits per heavy atom. The maximum atomic E-state index is 13.1. The summed E-state index contributed by atoms with van der Waals surface area (Å²) in [5, 5.41) is 2.74. The zero-order chi connectivity index (χ0) is 27.1. The minimum Gasteiger partial charge on any atom is -0.423 e. The molecule has 3 aromatic carbocycles. The number of anilines is 2. The molecule has 190 valence electrons. The number of rotatable bonds is 5. The van der Waals surface area contributed by atoms with E-state index in [0.29, 0.717) is 22.7 Å². The van der Waals surface area contributed by atoms with E-state index in [1.165, 1.54) is 0 Å². The fraction of sp³-hybridized carbons (Fsp3) is 0.233. The van der Waals surface area contributed by atoms with Gasteiger partial charge in [-0.15, -0.1) is 0 Å². The molecule has 0 unspecified atom stereocenters. The monoisotopic (exact) mass is 516 g/mol. The topological polar surface area (TPSA) is 75.7 Å². The van der Waals surface area contributed by atoms with Crippen LogP contribution in [-0.2, 0) is 15.0 Å². The maximum Gasteiger partial charge on any atom is 0.343 e. The fourth-order valence-electron chi connectivity index (χ4n) is 4.20. The number of aryl methyl sites for hydroxylation is 3. The molecule has 0 aromatic heterocycles. The highest BCUT2D eigenvalue weighted by Gasteiger charge is 2.39. The molecule has 0 atom stereocenters. The average molecular weight is 517 g/mol. The molecule has 4 rings (SSSR count). The van der Waals surface area contributed by atoms with E-state index < -0.39 is 17.8 Å². The number of amides is 2. The van der Waals surface area contributed by atoms with Crippen LogP contribution in [0.4, 0.5) is 11.4 Å². The molecule has 0 radical (unpaired) electrons. The molecular formula is C30H29ClN2O4. The molecule has 3 aromatic rings. The molecule has 0 saturated heterocycles. The summed E-state index contributed by atoms with van der Waals surface area (Å²) >= 11 is 6.27. The van der Waals surface area contributed by atoms with Crippen molar-refractivity contribution in [2.45, 2.75) is 47.0 Å². The summed E-state index contributed by atoms with van der Waals surface area (Å²) in [7, 11) is 0. The summed E-state index contributed by atoms with van der Waals surface area (Å²) in [6, 6.07) is 17.6. The molecule has 37 heavy (non-hydrogen) atoms. The van der Waals surface area contributed by atoms with E-state index in [4.69, 9.17) is 16.3 Å². The third-order valence-corrected chi connectivity index (χ3v) is 6.51. The fourth-order valence-corrected chi connectivity index (χ4v) is 4.41. The Morgan fingerprint density at radius 3 is 2.11 bits per heavy atom. The van der Waals surface area contributed by atoms with Gasteiger partial charge >= 0.3 is 5.97 Å². The van der Waals surface area contributed by atoms with Gasteiger partial charge in [0.2, 0.25) is 0 Å². The van der Waals surface area contributed by atoms with Crippen molar-refractivity contribution in [1.29, 1.82) is 0 Å². The quantitative estimate of drug-likeness (QED) is 0.236. The summed E-state index contributed by atoms with van der Waals surface area (Å²) in [4.78, 5) is 39.8. The van der Waals surface area contributed by atoms with Crippen molar-refractivity contribution in [3.63, 3.8) is 0 Å². The Morgan fingerprint density at radius 1 is 0.865 bits per heavy atom. The molecule has 1 aliphatic heterocycles. The minimum absolute atomic E-state index is 0.0172. The lowest BCUT2D eigenvalue weighted by Gasteiger charge is -2.22. The van der Waals surface area contributed by atoms with E-state index in [9.17, 15) is 14.4 Å². The molecule has 1 heterocycles. The minimum atomic E-state index is -0.589. The Balaban J connectivity index is 1.51. The predicted octanol–water partition coefficient (Wildman–Crippen LogP) is 6.56. The van der Waals surface area contributed by atoms with Crippen molar-refractivity contribution in [3.8, 4) is 5.75 Å². The van der Waals surface area contributed by atoms with Crippen LogP contribution in [0.2, 0.25) is 0 Å². The smallest absolute Gasteiger partial charge is 0.343 e. The first-order chi connectivity index (χ1) is 17.4. The number of halogens is 1. The summed E-state index contributed by atoms with van der Waals surface area (Å²) < 4.78 is 5.72. The predicted molar refractivity (Wildman–Crippen MR) is 146 cm³/mol. The van der Waals surface area contributed by atoms with E-state index in [0.717, 1.165) is 27.2 Å². The van der Waals surface area contributed by atoms with Gasteiger partial charge in [-0.3, -0.25) is 9.59 Å². The molecule has 1 N–H and O–H groups in total. The van der Waals surface area contributed by atoms with Crippen LogP contribution in [0.5, 0.6) is 5.75 Å². The third kappa shape index (κ3) is 5.30.